The van der Waals surface area contributed by atoms with Crippen LogP contribution in [0.2, 0.25) is 0 Å². The van der Waals surface area contributed by atoms with Gasteiger partial charge in [-0.15, -0.1) is 0 Å². The third-order valence-electron chi connectivity index (χ3n) is 2.53. The van der Waals surface area contributed by atoms with Crippen molar-refractivity contribution in [2.75, 3.05) is 20.2 Å². The molecule has 1 rings (SSSR count). The second-order valence-corrected chi connectivity index (χ2v) is 4.73. The van der Waals surface area contributed by atoms with E-state index in [1.807, 2.05) is 31.2 Å². The van der Waals surface area contributed by atoms with Crippen LogP contribution in [0.1, 0.15) is 12.5 Å². The summed E-state index contributed by atoms with van der Waals surface area (Å²) in [5.41, 5.74) is 0.922. The number of benzene rings is 1. The Morgan fingerprint density at radius 1 is 1.32 bits per heavy atom. The number of amides is 1. The van der Waals surface area contributed by atoms with Crippen molar-refractivity contribution in [2.45, 2.75) is 6.92 Å². The minimum absolute atomic E-state index is 0.0312. The molecular formula is C14H16BrNO3. The number of halogens is 1. The first kappa shape index (κ1) is 15.4. The number of hydrogen-bond acceptors (Lipinski definition) is 3. The number of esters is 1. The summed E-state index contributed by atoms with van der Waals surface area (Å²) in [6.45, 7) is 2.24. The van der Waals surface area contributed by atoms with E-state index in [9.17, 15) is 9.59 Å². The molecule has 0 unspecified atom stereocenters. The van der Waals surface area contributed by atoms with Crippen LogP contribution in [0.5, 0.6) is 0 Å². The van der Waals surface area contributed by atoms with Crippen LogP contribution >= 0.6 is 15.9 Å². The van der Waals surface area contributed by atoms with E-state index in [4.69, 9.17) is 0 Å². The largest absolute Gasteiger partial charge is 0.468 e. The molecule has 0 heterocycles. The van der Waals surface area contributed by atoms with E-state index in [2.05, 4.69) is 20.7 Å². The number of carbonyl (C=O) groups is 2. The molecule has 0 saturated heterocycles. The molecule has 1 aromatic carbocycles. The highest BCUT2D eigenvalue weighted by Gasteiger charge is 2.12. The lowest BCUT2D eigenvalue weighted by molar-refractivity contribution is -0.145. The Hall–Kier alpha value is -1.62. The molecular weight excluding hydrogens is 310 g/mol. The van der Waals surface area contributed by atoms with Crippen molar-refractivity contribution in [2.24, 2.45) is 0 Å². The fraction of sp³-hybridized carbons (Fsp3) is 0.286. The van der Waals surface area contributed by atoms with Gasteiger partial charge in [-0.1, -0.05) is 28.1 Å². The summed E-state index contributed by atoms with van der Waals surface area (Å²) in [7, 11) is 1.30. The quantitative estimate of drug-likeness (QED) is 0.617. The van der Waals surface area contributed by atoms with Gasteiger partial charge in [0.1, 0.15) is 6.54 Å². The summed E-state index contributed by atoms with van der Waals surface area (Å²) < 4.78 is 5.53. The molecule has 0 aliphatic rings. The van der Waals surface area contributed by atoms with Crippen molar-refractivity contribution in [3.8, 4) is 0 Å². The molecule has 0 aliphatic carbocycles. The average Bonchev–Trinajstić information content (AvgIpc) is 2.43. The molecule has 0 saturated carbocycles. The smallest absolute Gasteiger partial charge is 0.325 e. The highest BCUT2D eigenvalue weighted by atomic mass is 79.9. The Morgan fingerprint density at radius 3 is 2.47 bits per heavy atom. The number of ether oxygens (including phenoxy) is 1. The Morgan fingerprint density at radius 2 is 1.95 bits per heavy atom. The molecule has 0 bridgehead atoms. The van der Waals surface area contributed by atoms with E-state index in [0.29, 0.717) is 6.54 Å². The fourth-order valence-electron chi connectivity index (χ4n) is 1.41. The van der Waals surface area contributed by atoms with Gasteiger partial charge in [0.15, 0.2) is 0 Å². The second kappa shape index (κ2) is 7.74. The minimum Gasteiger partial charge on any atom is -0.468 e. The molecule has 0 spiro atoms. The molecule has 0 fully saturated rings. The van der Waals surface area contributed by atoms with Crippen molar-refractivity contribution in [1.82, 2.24) is 4.90 Å². The van der Waals surface area contributed by atoms with Crippen molar-refractivity contribution in [1.29, 1.82) is 0 Å². The minimum atomic E-state index is -0.424. The van der Waals surface area contributed by atoms with Gasteiger partial charge in [-0.05, 0) is 30.7 Å². The number of nitrogens with zero attached hydrogens (tertiary/aromatic N) is 1. The maximum Gasteiger partial charge on any atom is 0.325 e. The lowest BCUT2D eigenvalue weighted by Crippen LogP contribution is -2.34. The lowest BCUT2D eigenvalue weighted by Gasteiger charge is -2.17. The Bertz CT molecular complexity index is 468. The summed E-state index contributed by atoms with van der Waals surface area (Å²) in [5.74, 6) is -0.636. The van der Waals surface area contributed by atoms with Gasteiger partial charge in [-0.3, -0.25) is 9.59 Å². The topological polar surface area (TPSA) is 46.6 Å². The first-order valence-electron chi connectivity index (χ1n) is 5.86. The SMILES string of the molecule is CCN(CC(=O)OC)C(=O)/C=C/c1ccc(Br)cc1. The molecule has 19 heavy (non-hydrogen) atoms. The van der Waals surface area contributed by atoms with E-state index >= 15 is 0 Å². The molecule has 0 atom stereocenters. The molecule has 0 aliphatic heterocycles. The Labute approximate surface area is 121 Å². The Kier molecular flexibility index (Phi) is 6.29. The van der Waals surface area contributed by atoms with Crippen molar-refractivity contribution < 1.29 is 14.3 Å². The van der Waals surface area contributed by atoms with Gasteiger partial charge in [-0.25, -0.2) is 0 Å². The number of methoxy groups -OCH3 is 1. The summed E-state index contributed by atoms with van der Waals surface area (Å²) in [6.07, 6.45) is 3.17. The van der Waals surface area contributed by atoms with Crippen LogP contribution in [-0.2, 0) is 14.3 Å². The van der Waals surface area contributed by atoms with Crippen LogP contribution < -0.4 is 0 Å². The normalized spacial score (nSPS) is 10.5. The molecule has 5 heteroatoms. The summed E-state index contributed by atoms with van der Waals surface area (Å²) in [6, 6.07) is 7.58. The highest BCUT2D eigenvalue weighted by molar-refractivity contribution is 9.10. The van der Waals surface area contributed by atoms with Crippen LogP contribution in [0.25, 0.3) is 6.08 Å². The van der Waals surface area contributed by atoms with Gasteiger partial charge in [0, 0.05) is 17.1 Å². The van der Waals surface area contributed by atoms with E-state index in [1.54, 1.807) is 6.08 Å². The zero-order valence-corrected chi connectivity index (χ0v) is 12.5. The molecule has 4 nitrogen and oxygen atoms in total. The Balaban J connectivity index is 2.66. The van der Waals surface area contributed by atoms with Crippen molar-refractivity contribution >= 4 is 33.9 Å². The zero-order chi connectivity index (χ0) is 14.3. The molecule has 0 N–H and O–H groups in total. The summed E-state index contributed by atoms with van der Waals surface area (Å²) in [4.78, 5) is 24.5. The molecule has 102 valence electrons. The first-order chi connectivity index (χ1) is 9.06. The van der Waals surface area contributed by atoms with Gasteiger partial charge in [0.2, 0.25) is 5.91 Å². The van der Waals surface area contributed by atoms with Crippen LogP contribution in [0.15, 0.2) is 34.8 Å². The maximum absolute atomic E-state index is 11.9. The van der Waals surface area contributed by atoms with Gasteiger partial charge >= 0.3 is 5.97 Å². The molecule has 0 radical (unpaired) electrons. The first-order valence-corrected chi connectivity index (χ1v) is 6.65. The van der Waals surface area contributed by atoms with Gasteiger partial charge in [0.05, 0.1) is 7.11 Å². The predicted molar refractivity (Wildman–Crippen MR) is 77.4 cm³/mol. The summed E-state index contributed by atoms with van der Waals surface area (Å²) >= 11 is 3.34. The van der Waals surface area contributed by atoms with E-state index in [-0.39, 0.29) is 12.5 Å². The molecule has 1 aromatic rings. The van der Waals surface area contributed by atoms with Crippen molar-refractivity contribution in [3.05, 3.63) is 40.4 Å². The van der Waals surface area contributed by atoms with E-state index < -0.39 is 5.97 Å². The van der Waals surface area contributed by atoms with E-state index in [0.717, 1.165) is 10.0 Å². The molecule has 1 amide bonds. The lowest BCUT2D eigenvalue weighted by atomic mass is 10.2. The number of likely N-dealkylation sites (N-methyl/N-ethyl adjacent to an activating group) is 1. The third-order valence-corrected chi connectivity index (χ3v) is 3.06. The number of hydrogen-bond donors (Lipinski definition) is 0. The van der Waals surface area contributed by atoms with Crippen LogP contribution in [0.4, 0.5) is 0 Å². The zero-order valence-electron chi connectivity index (χ0n) is 10.9. The third kappa shape index (κ3) is 5.26. The second-order valence-electron chi connectivity index (χ2n) is 3.81. The summed E-state index contributed by atoms with van der Waals surface area (Å²) in [5, 5.41) is 0. The van der Waals surface area contributed by atoms with Crippen LogP contribution in [-0.4, -0.2) is 37.0 Å². The van der Waals surface area contributed by atoms with Crippen LogP contribution in [0.3, 0.4) is 0 Å². The number of carbonyl (C=O) groups excluding carboxylic acids is 2. The van der Waals surface area contributed by atoms with Crippen LogP contribution in [0, 0.1) is 0 Å². The highest BCUT2D eigenvalue weighted by Crippen LogP contribution is 2.11. The molecule has 0 aromatic heterocycles. The van der Waals surface area contributed by atoms with Gasteiger partial charge < -0.3 is 9.64 Å². The standard InChI is InChI=1S/C14H16BrNO3/c1-3-16(10-14(18)19-2)13(17)9-6-11-4-7-12(15)8-5-11/h4-9H,3,10H2,1-2H3/b9-6+. The van der Waals surface area contributed by atoms with Gasteiger partial charge in [0.25, 0.3) is 0 Å². The predicted octanol–water partition coefficient (Wildman–Crippen LogP) is 2.48. The number of rotatable bonds is 5. The fourth-order valence-corrected chi connectivity index (χ4v) is 1.68. The van der Waals surface area contributed by atoms with Crippen molar-refractivity contribution in [3.63, 3.8) is 0 Å². The average molecular weight is 326 g/mol. The maximum atomic E-state index is 11.9. The van der Waals surface area contributed by atoms with E-state index in [1.165, 1.54) is 18.1 Å². The van der Waals surface area contributed by atoms with Gasteiger partial charge in [-0.2, -0.15) is 0 Å². The monoisotopic (exact) mass is 325 g/mol.